The van der Waals surface area contributed by atoms with Crippen LogP contribution in [0.15, 0.2) is 30.3 Å². The molecule has 1 rings (SSSR count). The van der Waals surface area contributed by atoms with Crippen LogP contribution in [-0.2, 0) is 9.47 Å². The predicted octanol–water partition coefficient (Wildman–Crippen LogP) is 1.89. The van der Waals surface area contributed by atoms with Gasteiger partial charge in [0, 0.05) is 33.9 Å². The van der Waals surface area contributed by atoms with Crippen molar-refractivity contribution < 1.29 is 9.47 Å². The quantitative estimate of drug-likeness (QED) is 0.682. The van der Waals surface area contributed by atoms with Crippen molar-refractivity contribution in [1.29, 1.82) is 5.26 Å². The van der Waals surface area contributed by atoms with Gasteiger partial charge in [-0.3, -0.25) is 4.90 Å². The first-order valence-electron chi connectivity index (χ1n) is 6.46. The number of methoxy groups -OCH3 is 2. The SMILES string of the molecule is COCCN(CCOC)CC(C#N)c1ccccc1. The zero-order valence-corrected chi connectivity index (χ0v) is 11.7. The minimum atomic E-state index is -0.116. The lowest BCUT2D eigenvalue weighted by atomic mass is 10.0. The second kappa shape index (κ2) is 9.51. The average molecular weight is 262 g/mol. The monoisotopic (exact) mass is 262 g/mol. The Balaban J connectivity index is 2.61. The van der Waals surface area contributed by atoms with Crippen molar-refractivity contribution in [2.75, 3.05) is 47.1 Å². The van der Waals surface area contributed by atoms with Crippen molar-refractivity contribution in [2.45, 2.75) is 5.92 Å². The van der Waals surface area contributed by atoms with Gasteiger partial charge in [-0.1, -0.05) is 30.3 Å². The van der Waals surface area contributed by atoms with Crippen LogP contribution in [0.2, 0.25) is 0 Å². The molecule has 0 amide bonds. The Morgan fingerprint density at radius 3 is 2.16 bits per heavy atom. The van der Waals surface area contributed by atoms with Gasteiger partial charge in [-0.05, 0) is 5.56 Å². The largest absolute Gasteiger partial charge is 0.383 e. The van der Waals surface area contributed by atoms with E-state index in [1.165, 1.54) is 0 Å². The molecule has 1 unspecified atom stereocenters. The second-order valence-electron chi connectivity index (χ2n) is 4.38. The molecule has 0 fully saturated rings. The molecule has 0 saturated carbocycles. The fourth-order valence-corrected chi connectivity index (χ4v) is 1.90. The number of ether oxygens (including phenoxy) is 2. The maximum Gasteiger partial charge on any atom is 0.0839 e. The van der Waals surface area contributed by atoms with Crippen LogP contribution < -0.4 is 0 Å². The molecule has 0 aliphatic heterocycles. The van der Waals surface area contributed by atoms with E-state index in [0.717, 1.165) is 18.7 Å². The molecular formula is C15H22N2O2. The third kappa shape index (κ3) is 5.84. The Morgan fingerprint density at radius 2 is 1.68 bits per heavy atom. The van der Waals surface area contributed by atoms with Crippen LogP contribution in [-0.4, -0.2) is 52.0 Å². The van der Waals surface area contributed by atoms with Crippen molar-refractivity contribution in [3.63, 3.8) is 0 Å². The van der Waals surface area contributed by atoms with Gasteiger partial charge in [-0.15, -0.1) is 0 Å². The van der Waals surface area contributed by atoms with E-state index in [9.17, 15) is 5.26 Å². The smallest absolute Gasteiger partial charge is 0.0839 e. The second-order valence-corrected chi connectivity index (χ2v) is 4.38. The number of hydrogen-bond acceptors (Lipinski definition) is 4. The van der Waals surface area contributed by atoms with Gasteiger partial charge in [-0.2, -0.15) is 5.26 Å². The maximum atomic E-state index is 9.34. The summed E-state index contributed by atoms with van der Waals surface area (Å²) in [4.78, 5) is 2.20. The van der Waals surface area contributed by atoms with E-state index < -0.39 is 0 Å². The molecule has 0 aliphatic carbocycles. The lowest BCUT2D eigenvalue weighted by Crippen LogP contribution is -2.34. The molecule has 0 spiro atoms. The summed E-state index contributed by atoms with van der Waals surface area (Å²) in [6.45, 7) is 3.65. The van der Waals surface area contributed by atoms with Crippen LogP contribution in [0.3, 0.4) is 0 Å². The van der Waals surface area contributed by atoms with Crippen LogP contribution in [0, 0.1) is 11.3 Å². The molecule has 104 valence electrons. The summed E-state index contributed by atoms with van der Waals surface area (Å²) in [5.74, 6) is -0.116. The van der Waals surface area contributed by atoms with Gasteiger partial charge in [0.25, 0.3) is 0 Å². The topological polar surface area (TPSA) is 45.5 Å². The predicted molar refractivity (Wildman–Crippen MR) is 75.0 cm³/mol. The van der Waals surface area contributed by atoms with Crippen molar-refractivity contribution in [3.8, 4) is 6.07 Å². The molecule has 4 heteroatoms. The highest BCUT2D eigenvalue weighted by molar-refractivity contribution is 5.25. The highest BCUT2D eigenvalue weighted by Gasteiger charge is 2.15. The summed E-state index contributed by atoms with van der Waals surface area (Å²) in [5, 5.41) is 9.34. The summed E-state index contributed by atoms with van der Waals surface area (Å²) in [7, 11) is 3.38. The highest BCUT2D eigenvalue weighted by atomic mass is 16.5. The lowest BCUT2D eigenvalue weighted by molar-refractivity contribution is 0.113. The van der Waals surface area contributed by atoms with E-state index in [4.69, 9.17) is 9.47 Å². The number of rotatable bonds is 9. The van der Waals surface area contributed by atoms with E-state index in [2.05, 4.69) is 11.0 Å². The first-order valence-corrected chi connectivity index (χ1v) is 6.46. The maximum absolute atomic E-state index is 9.34. The Hall–Kier alpha value is -1.41. The van der Waals surface area contributed by atoms with Crippen molar-refractivity contribution >= 4 is 0 Å². The fourth-order valence-electron chi connectivity index (χ4n) is 1.90. The molecule has 0 saturated heterocycles. The molecule has 0 aromatic heterocycles. The molecule has 4 nitrogen and oxygen atoms in total. The third-order valence-corrected chi connectivity index (χ3v) is 3.02. The van der Waals surface area contributed by atoms with Gasteiger partial charge in [-0.25, -0.2) is 0 Å². The summed E-state index contributed by atoms with van der Waals surface area (Å²) >= 11 is 0. The standard InChI is InChI=1S/C15H22N2O2/c1-18-10-8-17(9-11-19-2)13-15(12-16)14-6-4-3-5-7-14/h3-7,15H,8-11,13H2,1-2H3. The van der Waals surface area contributed by atoms with Crippen LogP contribution in [0.5, 0.6) is 0 Å². The molecule has 0 N–H and O–H groups in total. The zero-order valence-electron chi connectivity index (χ0n) is 11.7. The molecule has 0 heterocycles. The highest BCUT2D eigenvalue weighted by Crippen LogP contribution is 2.15. The number of nitriles is 1. The van der Waals surface area contributed by atoms with Gasteiger partial charge in [0.2, 0.25) is 0 Å². The Morgan fingerprint density at radius 1 is 1.11 bits per heavy atom. The lowest BCUT2D eigenvalue weighted by Gasteiger charge is -2.24. The van der Waals surface area contributed by atoms with Crippen LogP contribution in [0.25, 0.3) is 0 Å². The number of benzene rings is 1. The summed E-state index contributed by atoms with van der Waals surface area (Å²) < 4.78 is 10.2. The van der Waals surface area contributed by atoms with Crippen molar-refractivity contribution in [1.82, 2.24) is 4.90 Å². The molecule has 0 aliphatic rings. The third-order valence-electron chi connectivity index (χ3n) is 3.02. The Bertz CT molecular complexity index is 367. The first-order chi connectivity index (χ1) is 9.31. The molecule has 1 aromatic carbocycles. The fraction of sp³-hybridized carbons (Fsp3) is 0.533. The number of nitrogens with zero attached hydrogens (tertiary/aromatic N) is 2. The summed E-state index contributed by atoms with van der Waals surface area (Å²) in [5.41, 5.74) is 1.06. The molecule has 0 bridgehead atoms. The molecular weight excluding hydrogens is 240 g/mol. The van der Waals surface area contributed by atoms with Gasteiger partial charge in [0.05, 0.1) is 25.2 Å². The van der Waals surface area contributed by atoms with E-state index in [-0.39, 0.29) is 5.92 Å². The normalized spacial score (nSPS) is 12.3. The van der Waals surface area contributed by atoms with Crippen LogP contribution >= 0.6 is 0 Å². The molecule has 1 aromatic rings. The van der Waals surface area contributed by atoms with Crippen LogP contribution in [0.1, 0.15) is 11.5 Å². The van der Waals surface area contributed by atoms with Crippen LogP contribution in [0.4, 0.5) is 0 Å². The Labute approximate surface area is 115 Å². The molecule has 1 atom stereocenters. The number of hydrogen-bond donors (Lipinski definition) is 0. The minimum Gasteiger partial charge on any atom is -0.383 e. The first kappa shape index (κ1) is 15.6. The summed E-state index contributed by atoms with van der Waals surface area (Å²) in [6, 6.07) is 12.3. The molecule has 19 heavy (non-hydrogen) atoms. The zero-order chi connectivity index (χ0) is 13.9. The summed E-state index contributed by atoms with van der Waals surface area (Å²) in [6.07, 6.45) is 0. The van der Waals surface area contributed by atoms with Gasteiger partial charge >= 0.3 is 0 Å². The van der Waals surface area contributed by atoms with Crippen molar-refractivity contribution in [2.24, 2.45) is 0 Å². The van der Waals surface area contributed by atoms with E-state index >= 15 is 0 Å². The minimum absolute atomic E-state index is 0.116. The average Bonchev–Trinajstić information content (AvgIpc) is 2.47. The van der Waals surface area contributed by atoms with Crippen molar-refractivity contribution in [3.05, 3.63) is 35.9 Å². The van der Waals surface area contributed by atoms with E-state index in [1.807, 2.05) is 30.3 Å². The van der Waals surface area contributed by atoms with Gasteiger partial charge in [0.15, 0.2) is 0 Å². The van der Waals surface area contributed by atoms with E-state index in [0.29, 0.717) is 19.8 Å². The Kier molecular flexibility index (Phi) is 7.83. The van der Waals surface area contributed by atoms with Gasteiger partial charge < -0.3 is 9.47 Å². The van der Waals surface area contributed by atoms with E-state index in [1.54, 1.807) is 14.2 Å². The molecule has 0 radical (unpaired) electrons. The van der Waals surface area contributed by atoms with Gasteiger partial charge in [0.1, 0.15) is 0 Å².